The first-order valence-corrected chi connectivity index (χ1v) is 5.64. The second-order valence-electron chi connectivity index (χ2n) is 4.38. The van der Waals surface area contributed by atoms with Gasteiger partial charge in [0.1, 0.15) is 0 Å². The highest BCUT2D eigenvalue weighted by Gasteiger charge is 2.18. The molecule has 0 saturated carbocycles. The number of nitrogens with zero attached hydrogens (tertiary/aromatic N) is 2. The first kappa shape index (κ1) is 10.4. The molecule has 0 radical (unpaired) electrons. The quantitative estimate of drug-likeness (QED) is 0.813. The van der Waals surface area contributed by atoms with Gasteiger partial charge in [-0.25, -0.2) is 0 Å². The Balaban J connectivity index is 2.10. The van der Waals surface area contributed by atoms with Crippen molar-refractivity contribution in [3.8, 4) is 0 Å². The van der Waals surface area contributed by atoms with Crippen LogP contribution >= 0.6 is 0 Å². The van der Waals surface area contributed by atoms with Crippen LogP contribution < -0.4 is 10.2 Å². The van der Waals surface area contributed by atoms with E-state index in [4.69, 9.17) is 0 Å². The van der Waals surface area contributed by atoms with Crippen molar-refractivity contribution < 1.29 is 0 Å². The van der Waals surface area contributed by atoms with E-state index in [0.717, 1.165) is 18.2 Å². The highest BCUT2D eigenvalue weighted by atomic mass is 15.1. The van der Waals surface area contributed by atoms with Gasteiger partial charge in [-0.3, -0.25) is 4.98 Å². The highest BCUT2D eigenvalue weighted by molar-refractivity contribution is 5.47. The van der Waals surface area contributed by atoms with E-state index in [9.17, 15) is 0 Å². The molecule has 1 aliphatic rings. The van der Waals surface area contributed by atoms with Crippen molar-refractivity contribution in [2.24, 2.45) is 5.92 Å². The second kappa shape index (κ2) is 4.62. The van der Waals surface area contributed by atoms with Crippen molar-refractivity contribution in [1.82, 2.24) is 10.3 Å². The molecule has 15 heavy (non-hydrogen) atoms. The highest BCUT2D eigenvalue weighted by Crippen LogP contribution is 2.23. The third-order valence-corrected chi connectivity index (χ3v) is 2.95. The van der Waals surface area contributed by atoms with E-state index < -0.39 is 0 Å². The molecule has 0 bridgehead atoms. The molecule has 0 amide bonds. The van der Waals surface area contributed by atoms with Crippen molar-refractivity contribution in [3.63, 3.8) is 0 Å². The second-order valence-corrected chi connectivity index (χ2v) is 4.38. The standard InChI is InChI=1S/C12H19N3/c1-10-4-6-15(9-10)12-3-5-14-11(7-12)8-13-2/h3,5,7,10,13H,4,6,8-9H2,1-2H3. The zero-order chi connectivity index (χ0) is 10.7. The van der Waals surface area contributed by atoms with Gasteiger partial charge in [0.15, 0.2) is 0 Å². The van der Waals surface area contributed by atoms with E-state index in [1.54, 1.807) is 0 Å². The molecule has 1 aliphatic heterocycles. The van der Waals surface area contributed by atoms with Gasteiger partial charge in [-0.15, -0.1) is 0 Å². The first-order chi connectivity index (χ1) is 7.29. The molecule has 3 nitrogen and oxygen atoms in total. The number of aromatic nitrogens is 1. The third-order valence-electron chi connectivity index (χ3n) is 2.95. The van der Waals surface area contributed by atoms with Crippen LogP contribution in [0.4, 0.5) is 5.69 Å². The largest absolute Gasteiger partial charge is 0.371 e. The summed E-state index contributed by atoms with van der Waals surface area (Å²) in [5, 5.41) is 3.13. The predicted molar refractivity (Wildman–Crippen MR) is 63.0 cm³/mol. The van der Waals surface area contributed by atoms with Crippen molar-refractivity contribution in [2.75, 3.05) is 25.0 Å². The summed E-state index contributed by atoms with van der Waals surface area (Å²) in [7, 11) is 1.95. The van der Waals surface area contributed by atoms with Gasteiger partial charge in [0.25, 0.3) is 0 Å². The van der Waals surface area contributed by atoms with Gasteiger partial charge >= 0.3 is 0 Å². The molecule has 2 rings (SSSR count). The van der Waals surface area contributed by atoms with Crippen LogP contribution in [0.2, 0.25) is 0 Å². The molecular weight excluding hydrogens is 186 g/mol. The van der Waals surface area contributed by atoms with Gasteiger partial charge in [0.2, 0.25) is 0 Å². The molecule has 0 aliphatic carbocycles. The molecule has 1 fully saturated rings. The Morgan fingerprint density at radius 2 is 2.47 bits per heavy atom. The summed E-state index contributed by atoms with van der Waals surface area (Å²) in [6, 6.07) is 4.30. The van der Waals surface area contributed by atoms with Crippen LogP contribution in [0, 0.1) is 5.92 Å². The molecule has 1 saturated heterocycles. The van der Waals surface area contributed by atoms with Crippen LogP contribution in [-0.4, -0.2) is 25.1 Å². The van der Waals surface area contributed by atoms with Gasteiger partial charge in [0, 0.05) is 31.5 Å². The zero-order valence-electron chi connectivity index (χ0n) is 9.53. The SMILES string of the molecule is CNCc1cc(N2CCC(C)C2)ccn1. The molecule has 1 atom stereocenters. The van der Waals surface area contributed by atoms with E-state index >= 15 is 0 Å². The number of rotatable bonds is 3. The summed E-state index contributed by atoms with van der Waals surface area (Å²) in [4.78, 5) is 6.78. The van der Waals surface area contributed by atoms with Crippen LogP contribution in [0.5, 0.6) is 0 Å². The summed E-state index contributed by atoms with van der Waals surface area (Å²) in [5.41, 5.74) is 2.44. The molecular formula is C12H19N3. The summed E-state index contributed by atoms with van der Waals surface area (Å²) in [6.45, 7) is 5.53. The maximum absolute atomic E-state index is 4.33. The molecule has 1 unspecified atom stereocenters. The molecule has 1 aromatic rings. The van der Waals surface area contributed by atoms with E-state index in [0.29, 0.717) is 0 Å². The summed E-state index contributed by atoms with van der Waals surface area (Å²) >= 11 is 0. The average molecular weight is 205 g/mol. The van der Waals surface area contributed by atoms with Gasteiger partial charge in [-0.1, -0.05) is 6.92 Å². The number of hydrogen-bond acceptors (Lipinski definition) is 3. The molecule has 2 heterocycles. The van der Waals surface area contributed by atoms with Crippen LogP contribution in [0.1, 0.15) is 19.0 Å². The number of nitrogens with one attached hydrogen (secondary N) is 1. The molecule has 1 N–H and O–H groups in total. The Bertz CT molecular complexity index is 324. The monoisotopic (exact) mass is 205 g/mol. The Hall–Kier alpha value is -1.09. The minimum absolute atomic E-state index is 0.825. The fourth-order valence-electron chi connectivity index (χ4n) is 2.11. The summed E-state index contributed by atoms with van der Waals surface area (Å²) in [6.07, 6.45) is 3.22. The molecule has 0 spiro atoms. The first-order valence-electron chi connectivity index (χ1n) is 5.64. The van der Waals surface area contributed by atoms with Gasteiger partial charge in [0.05, 0.1) is 5.69 Å². The molecule has 3 heteroatoms. The lowest BCUT2D eigenvalue weighted by Gasteiger charge is -2.18. The minimum Gasteiger partial charge on any atom is -0.371 e. The normalized spacial score (nSPS) is 20.9. The van der Waals surface area contributed by atoms with E-state index in [-0.39, 0.29) is 0 Å². The number of anilines is 1. The van der Waals surface area contributed by atoms with Crippen LogP contribution in [0.15, 0.2) is 18.3 Å². The van der Waals surface area contributed by atoms with Crippen molar-refractivity contribution in [2.45, 2.75) is 19.9 Å². The Morgan fingerprint density at radius 3 is 3.13 bits per heavy atom. The lowest BCUT2D eigenvalue weighted by molar-refractivity contribution is 0.659. The van der Waals surface area contributed by atoms with Crippen molar-refractivity contribution in [3.05, 3.63) is 24.0 Å². The average Bonchev–Trinajstić information content (AvgIpc) is 2.66. The summed E-state index contributed by atoms with van der Waals surface area (Å²) < 4.78 is 0. The number of pyridine rings is 1. The van der Waals surface area contributed by atoms with Crippen molar-refractivity contribution >= 4 is 5.69 Å². The smallest absolute Gasteiger partial charge is 0.0562 e. The maximum atomic E-state index is 4.33. The third kappa shape index (κ3) is 2.48. The van der Waals surface area contributed by atoms with Gasteiger partial charge < -0.3 is 10.2 Å². The molecule has 0 aromatic carbocycles. The van der Waals surface area contributed by atoms with Gasteiger partial charge in [-0.05, 0) is 31.5 Å². The van der Waals surface area contributed by atoms with Crippen LogP contribution in [-0.2, 0) is 6.54 Å². The summed E-state index contributed by atoms with van der Waals surface area (Å²) in [5.74, 6) is 0.825. The van der Waals surface area contributed by atoms with Crippen LogP contribution in [0.25, 0.3) is 0 Å². The van der Waals surface area contributed by atoms with E-state index in [1.165, 1.54) is 25.2 Å². The van der Waals surface area contributed by atoms with E-state index in [2.05, 4.69) is 34.3 Å². The molecule has 1 aromatic heterocycles. The van der Waals surface area contributed by atoms with Crippen molar-refractivity contribution in [1.29, 1.82) is 0 Å². The Morgan fingerprint density at radius 1 is 1.60 bits per heavy atom. The predicted octanol–water partition coefficient (Wildman–Crippen LogP) is 1.65. The topological polar surface area (TPSA) is 28.2 Å². The zero-order valence-corrected chi connectivity index (χ0v) is 9.53. The minimum atomic E-state index is 0.825. The van der Waals surface area contributed by atoms with Gasteiger partial charge in [-0.2, -0.15) is 0 Å². The van der Waals surface area contributed by atoms with Crippen LogP contribution in [0.3, 0.4) is 0 Å². The lowest BCUT2D eigenvalue weighted by atomic mass is 10.2. The Kier molecular flexibility index (Phi) is 3.21. The molecule has 82 valence electrons. The number of hydrogen-bond donors (Lipinski definition) is 1. The lowest BCUT2D eigenvalue weighted by Crippen LogP contribution is -2.19. The van der Waals surface area contributed by atoms with E-state index in [1.807, 2.05) is 13.2 Å². The Labute approximate surface area is 91.5 Å². The fourth-order valence-corrected chi connectivity index (χ4v) is 2.11. The maximum Gasteiger partial charge on any atom is 0.0562 e. The fraction of sp³-hybridized carbons (Fsp3) is 0.583.